The van der Waals surface area contributed by atoms with E-state index in [-0.39, 0.29) is 6.04 Å². The Morgan fingerprint density at radius 3 is 2.64 bits per heavy atom. The molecule has 0 aliphatic rings. The molecule has 3 aromatic heterocycles. The molecule has 8 heteroatoms. The number of nitrogens with zero attached hydrogens (tertiary/aromatic N) is 6. The van der Waals surface area contributed by atoms with E-state index < -0.39 is 0 Å². The summed E-state index contributed by atoms with van der Waals surface area (Å²) in [6, 6.07) is 7.75. The van der Waals surface area contributed by atoms with Crippen LogP contribution in [0, 0.1) is 13.8 Å². The molecule has 0 saturated carbocycles. The zero-order valence-electron chi connectivity index (χ0n) is 16.2. The number of hydrogen-bond acceptors (Lipinski definition) is 7. The molecule has 0 amide bonds. The van der Waals surface area contributed by atoms with Crippen LogP contribution in [0.5, 0.6) is 5.75 Å². The molecule has 8 nitrogen and oxygen atoms in total. The lowest BCUT2D eigenvalue weighted by atomic mass is 10.1. The molecule has 0 fully saturated rings. The molecule has 28 heavy (non-hydrogen) atoms. The molecule has 0 aliphatic heterocycles. The van der Waals surface area contributed by atoms with Gasteiger partial charge in [0, 0.05) is 17.6 Å². The van der Waals surface area contributed by atoms with Crippen LogP contribution < -0.4 is 10.1 Å². The Morgan fingerprint density at radius 2 is 1.96 bits per heavy atom. The monoisotopic (exact) mass is 375 g/mol. The van der Waals surface area contributed by atoms with Crippen LogP contribution in [0.15, 0.2) is 43.0 Å². The molecular formula is C20H21N7O. The van der Waals surface area contributed by atoms with Gasteiger partial charge in [-0.2, -0.15) is 15.3 Å². The van der Waals surface area contributed by atoms with Gasteiger partial charge in [-0.25, -0.2) is 14.6 Å². The Morgan fingerprint density at radius 1 is 1.11 bits per heavy atom. The summed E-state index contributed by atoms with van der Waals surface area (Å²) in [4.78, 5) is 8.86. The van der Waals surface area contributed by atoms with Crippen molar-refractivity contribution in [1.29, 1.82) is 0 Å². The van der Waals surface area contributed by atoms with Crippen LogP contribution in [0.2, 0.25) is 0 Å². The second-order valence-electron chi connectivity index (χ2n) is 6.69. The zero-order chi connectivity index (χ0) is 19.7. The second-order valence-corrected chi connectivity index (χ2v) is 6.69. The van der Waals surface area contributed by atoms with Crippen LogP contribution in [0.4, 0.5) is 5.82 Å². The fraction of sp³-hybridized carbons (Fsp3) is 0.250. The summed E-state index contributed by atoms with van der Waals surface area (Å²) in [5.41, 5.74) is 4.40. The van der Waals surface area contributed by atoms with E-state index in [1.54, 1.807) is 7.11 Å². The highest BCUT2D eigenvalue weighted by atomic mass is 16.5. The van der Waals surface area contributed by atoms with Crippen LogP contribution in [0.1, 0.15) is 29.9 Å². The van der Waals surface area contributed by atoms with Gasteiger partial charge in [0.25, 0.3) is 0 Å². The third kappa shape index (κ3) is 3.36. The topological polar surface area (TPSA) is 90.6 Å². The predicted octanol–water partition coefficient (Wildman–Crippen LogP) is 3.40. The largest absolute Gasteiger partial charge is 0.494 e. The number of ether oxygens (including phenoxy) is 1. The van der Waals surface area contributed by atoms with E-state index in [2.05, 4.69) is 30.6 Å². The first kappa shape index (κ1) is 17.8. The molecule has 0 aliphatic carbocycles. The van der Waals surface area contributed by atoms with Gasteiger partial charge in [-0.15, -0.1) is 0 Å². The third-order valence-corrected chi connectivity index (χ3v) is 4.50. The molecule has 1 atom stereocenters. The molecule has 4 aromatic rings. The van der Waals surface area contributed by atoms with Crippen LogP contribution in [0.25, 0.3) is 16.6 Å². The van der Waals surface area contributed by atoms with Gasteiger partial charge in [-0.3, -0.25) is 0 Å². The molecular weight excluding hydrogens is 354 g/mol. The lowest BCUT2D eigenvalue weighted by Crippen LogP contribution is -2.11. The average molecular weight is 375 g/mol. The molecule has 4 rings (SSSR count). The van der Waals surface area contributed by atoms with Crippen molar-refractivity contribution in [2.75, 3.05) is 12.4 Å². The van der Waals surface area contributed by atoms with E-state index >= 15 is 0 Å². The van der Waals surface area contributed by atoms with Gasteiger partial charge >= 0.3 is 0 Å². The lowest BCUT2D eigenvalue weighted by Gasteiger charge is -2.16. The number of fused-ring (bicyclic) bond motifs is 1. The average Bonchev–Trinajstić information content (AvgIpc) is 3.14. The fourth-order valence-electron chi connectivity index (χ4n) is 3.00. The minimum absolute atomic E-state index is 0.0761. The van der Waals surface area contributed by atoms with Crippen molar-refractivity contribution in [3.05, 3.63) is 59.9 Å². The van der Waals surface area contributed by atoms with Gasteiger partial charge in [0.2, 0.25) is 0 Å². The van der Waals surface area contributed by atoms with Gasteiger partial charge in [0.05, 0.1) is 36.4 Å². The minimum atomic E-state index is -0.0761. The first-order chi connectivity index (χ1) is 13.5. The predicted molar refractivity (Wildman–Crippen MR) is 107 cm³/mol. The van der Waals surface area contributed by atoms with Crippen molar-refractivity contribution in [3.63, 3.8) is 0 Å². The molecule has 0 bridgehead atoms. The maximum atomic E-state index is 5.57. The Labute approximate surface area is 162 Å². The van der Waals surface area contributed by atoms with Gasteiger partial charge in [0.15, 0.2) is 0 Å². The molecule has 0 unspecified atom stereocenters. The van der Waals surface area contributed by atoms with Gasteiger partial charge < -0.3 is 10.1 Å². The highest BCUT2D eigenvalue weighted by Gasteiger charge is 2.15. The Balaban J connectivity index is 1.78. The molecule has 0 radical (unpaired) electrons. The van der Waals surface area contributed by atoms with Crippen molar-refractivity contribution in [3.8, 4) is 11.4 Å². The SMILES string of the molecule is COc1cc(-n2cc(C)cn2)cc2c(N[C@H](C)c3ccc(C)nn3)ncnc12. The van der Waals surface area contributed by atoms with E-state index in [4.69, 9.17) is 4.74 Å². The molecule has 3 heterocycles. The number of aromatic nitrogens is 6. The normalized spacial score (nSPS) is 12.1. The highest BCUT2D eigenvalue weighted by Crippen LogP contribution is 2.32. The number of rotatable bonds is 5. The van der Waals surface area contributed by atoms with Crippen LogP contribution in [-0.4, -0.2) is 37.1 Å². The third-order valence-electron chi connectivity index (χ3n) is 4.50. The van der Waals surface area contributed by atoms with Crippen molar-refractivity contribution in [2.45, 2.75) is 26.8 Å². The summed E-state index contributed by atoms with van der Waals surface area (Å²) < 4.78 is 7.38. The Hall–Kier alpha value is -3.55. The number of hydrogen-bond donors (Lipinski definition) is 1. The van der Waals surface area contributed by atoms with Crippen molar-refractivity contribution in [1.82, 2.24) is 29.9 Å². The van der Waals surface area contributed by atoms with Crippen LogP contribution in [-0.2, 0) is 0 Å². The first-order valence-electron chi connectivity index (χ1n) is 8.96. The molecule has 142 valence electrons. The van der Waals surface area contributed by atoms with E-state index in [0.717, 1.165) is 33.5 Å². The highest BCUT2D eigenvalue weighted by molar-refractivity contribution is 5.94. The van der Waals surface area contributed by atoms with E-state index in [1.807, 2.05) is 62.1 Å². The van der Waals surface area contributed by atoms with Gasteiger partial charge in [0.1, 0.15) is 23.4 Å². The Bertz CT molecular complexity index is 1120. The molecule has 1 aromatic carbocycles. The number of methoxy groups -OCH3 is 1. The summed E-state index contributed by atoms with van der Waals surface area (Å²) in [7, 11) is 1.63. The van der Waals surface area contributed by atoms with E-state index in [1.165, 1.54) is 6.33 Å². The number of anilines is 1. The summed E-state index contributed by atoms with van der Waals surface area (Å²) in [6.45, 7) is 5.94. The van der Waals surface area contributed by atoms with Crippen molar-refractivity contribution < 1.29 is 4.74 Å². The summed E-state index contributed by atoms with van der Waals surface area (Å²) in [5.74, 6) is 1.36. The smallest absolute Gasteiger partial charge is 0.147 e. The fourth-order valence-corrected chi connectivity index (χ4v) is 3.00. The molecule has 1 N–H and O–H groups in total. The second kappa shape index (κ2) is 7.22. The summed E-state index contributed by atoms with van der Waals surface area (Å²) >= 11 is 0. The first-order valence-corrected chi connectivity index (χ1v) is 8.96. The Kier molecular flexibility index (Phi) is 4.60. The van der Waals surface area contributed by atoms with E-state index in [9.17, 15) is 0 Å². The minimum Gasteiger partial charge on any atom is -0.494 e. The van der Waals surface area contributed by atoms with Crippen LogP contribution in [0.3, 0.4) is 0 Å². The standard InChI is InChI=1S/C20H21N7O/c1-12-9-23-27(10-12)15-7-16-19(18(8-15)28-4)21-11-22-20(16)24-14(3)17-6-5-13(2)25-26-17/h5-11,14H,1-4H3,(H,21,22,24)/t14-/m1/s1. The maximum absolute atomic E-state index is 5.57. The maximum Gasteiger partial charge on any atom is 0.147 e. The number of nitrogens with one attached hydrogen (secondary N) is 1. The van der Waals surface area contributed by atoms with Crippen molar-refractivity contribution in [2.24, 2.45) is 0 Å². The van der Waals surface area contributed by atoms with Crippen LogP contribution >= 0.6 is 0 Å². The lowest BCUT2D eigenvalue weighted by molar-refractivity contribution is 0.418. The summed E-state index contributed by atoms with van der Waals surface area (Å²) in [6.07, 6.45) is 5.30. The number of aryl methyl sites for hydroxylation is 2. The quantitative estimate of drug-likeness (QED) is 0.571. The number of benzene rings is 1. The van der Waals surface area contributed by atoms with Crippen molar-refractivity contribution >= 4 is 16.7 Å². The van der Waals surface area contributed by atoms with E-state index in [0.29, 0.717) is 11.6 Å². The van der Waals surface area contributed by atoms with Gasteiger partial charge in [-0.1, -0.05) is 0 Å². The van der Waals surface area contributed by atoms with Gasteiger partial charge in [-0.05, 0) is 44.5 Å². The molecule has 0 saturated heterocycles. The summed E-state index contributed by atoms with van der Waals surface area (Å²) in [5, 5.41) is 17.1. The molecule has 0 spiro atoms. The zero-order valence-corrected chi connectivity index (χ0v) is 16.2.